The number of benzene rings is 1. The van der Waals surface area contributed by atoms with Crippen molar-refractivity contribution < 1.29 is 14.3 Å². The van der Waals surface area contributed by atoms with Gasteiger partial charge in [-0.05, 0) is 44.4 Å². The Balaban J connectivity index is 1.77. The van der Waals surface area contributed by atoms with Crippen LogP contribution in [0.15, 0.2) is 18.2 Å². The molecule has 0 unspecified atom stereocenters. The molecule has 1 aromatic carbocycles. The van der Waals surface area contributed by atoms with E-state index < -0.39 is 0 Å². The molecule has 0 aliphatic carbocycles. The number of rotatable bonds is 5. The predicted molar refractivity (Wildman–Crippen MR) is 110 cm³/mol. The van der Waals surface area contributed by atoms with Gasteiger partial charge in [-0.3, -0.25) is 14.4 Å². The quantitative estimate of drug-likeness (QED) is 0.656. The molecule has 1 atom stereocenters. The summed E-state index contributed by atoms with van der Waals surface area (Å²) in [7, 11) is 3.47. The number of methoxy groups -OCH3 is 1. The van der Waals surface area contributed by atoms with Crippen molar-refractivity contribution in [3.63, 3.8) is 0 Å². The largest absolute Gasteiger partial charge is 0.494 e. The summed E-state index contributed by atoms with van der Waals surface area (Å²) in [5.74, 6) is 0.552. The molecular formula is C20H24N4O3S. The number of nitrogens with zero attached hydrogens (tertiary/aromatic N) is 4. The molecule has 0 spiro atoms. The smallest absolute Gasteiger partial charge is 0.280 e. The standard InChI is InChI=1S/C20H24N4O3S/c1-12-7-8-16(26-4)17-18(12)28-20(21-17)24(11-14-6-5-9-27-14)19(25)15-10-13(2)23(3)22-15/h7-8,10,14H,5-6,9,11H2,1-4H3/t14-/m0/s1. The zero-order valence-electron chi connectivity index (χ0n) is 16.6. The van der Waals surface area contributed by atoms with E-state index in [1.165, 1.54) is 11.3 Å². The van der Waals surface area contributed by atoms with E-state index in [0.717, 1.165) is 40.9 Å². The van der Waals surface area contributed by atoms with E-state index in [1.807, 2.05) is 39.1 Å². The Labute approximate surface area is 167 Å². The summed E-state index contributed by atoms with van der Waals surface area (Å²) < 4.78 is 14.0. The van der Waals surface area contributed by atoms with Gasteiger partial charge in [0.2, 0.25) is 0 Å². The molecule has 0 saturated carbocycles. The van der Waals surface area contributed by atoms with Gasteiger partial charge in [0.25, 0.3) is 5.91 Å². The Morgan fingerprint density at radius 1 is 1.43 bits per heavy atom. The lowest BCUT2D eigenvalue weighted by atomic mass is 10.2. The van der Waals surface area contributed by atoms with Gasteiger partial charge < -0.3 is 9.47 Å². The number of carbonyl (C=O) groups excluding carboxylic acids is 1. The molecule has 7 nitrogen and oxygen atoms in total. The van der Waals surface area contributed by atoms with Gasteiger partial charge in [-0.2, -0.15) is 5.10 Å². The fourth-order valence-electron chi connectivity index (χ4n) is 3.42. The first kappa shape index (κ1) is 18.9. The molecule has 148 valence electrons. The molecule has 1 fully saturated rings. The normalized spacial score (nSPS) is 16.6. The number of ether oxygens (including phenoxy) is 2. The van der Waals surface area contributed by atoms with E-state index in [-0.39, 0.29) is 12.0 Å². The third-order valence-electron chi connectivity index (χ3n) is 5.13. The number of carbonyl (C=O) groups is 1. The van der Waals surface area contributed by atoms with Gasteiger partial charge in [0, 0.05) is 19.3 Å². The highest BCUT2D eigenvalue weighted by atomic mass is 32.1. The van der Waals surface area contributed by atoms with Crippen LogP contribution in [0.1, 0.15) is 34.6 Å². The van der Waals surface area contributed by atoms with Gasteiger partial charge in [0.1, 0.15) is 11.3 Å². The fourth-order valence-corrected chi connectivity index (χ4v) is 4.48. The Morgan fingerprint density at radius 2 is 2.25 bits per heavy atom. The molecule has 4 rings (SSSR count). The summed E-state index contributed by atoms with van der Waals surface area (Å²) in [6.45, 7) is 5.18. The molecular weight excluding hydrogens is 376 g/mol. The van der Waals surface area contributed by atoms with Crippen LogP contribution >= 0.6 is 11.3 Å². The number of anilines is 1. The Kier molecular flexibility index (Phi) is 5.07. The van der Waals surface area contributed by atoms with Crippen molar-refractivity contribution in [2.75, 3.05) is 25.2 Å². The molecule has 8 heteroatoms. The van der Waals surface area contributed by atoms with Gasteiger partial charge in [0.05, 0.1) is 24.5 Å². The molecule has 0 radical (unpaired) electrons. The minimum atomic E-state index is -0.158. The van der Waals surface area contributed by atoms with Crippen LogP contribution in [0.2, 0.25) is 0 Å². The molecule has 2 aromatic heterocycles. The van der Waals surface area contributed by atoms with E-state index in [1.54, 1.807) is 16.7 Å². The Bertz CT molecular complexity index is 1000. The maximum atomic E-state index is 13.3. The summed E-state index contributed by atoms with van der Waals surface area (Å²) in [6.07, 6.45) is 1.98. The third-order valence-corrected chi connectivity index (χ3v) is 6.34. The Morgan fingerprint density at radius 3 is 2.89 bits per heavy atom. The highest BCUT2D eigenvalue weighted by molar-refractivity contribution is 7.22. The predicted octanol–water partition coefficient (Wildman–Crippen LogP) is 3.48. The second-order valence-electron chi connectivity index (χ2n) is 7.10. The lowest BCUT2D eigenvalue weighted by Gasteiger charge is -2.22. The average molecular weight is 401 g/mol. The number of hydrogen-bond donors (Lipinski definition) is 0. The lowest BCUT2D eigenvalue weighted by Crippen LogP contribution is -2.37. The third kappa shape index (κ3) is 3.38. The van der Waals surface area contributed by atoms with Crippen LogP contribution in [0.3, 0.4) is 0 Å². The van der Waals surface area contributed by atoms with Crippen molar-refractivity contribution in [3.05, 3.63) is 35.2 Å². The van der Waals surface area contributed by atoms with Gasteiger partial charge in [-0.25, -0.2) is 4.98 Å². The monoisotopic (exact) mass is 400 g/mol. The van der Waals surface area contributed by atoms with Crippen LogP contribution in [0, 0.1) is 13.8 Å². The molecule has 1 saturated heterocycles. The molecule has 1 aliphatic rings. The zero-order valence-corrected chi connectivity index (χ0v) is 17.4. The molecule has 3 heterocycles. The molecule has 1 amide bonds. The molecule has 3 aromatic rings. The van der Waals surface area contributed by atoms with E-state index >= 15 is 0 Å². The molecule has 1 aliphatic heterocycles. The molecule has 0 N–H and O–H groups in total. The van der Waals surface area contributed by atoms with Gasteiger partial charge in [-0.1, -0.05) is 17.4 Å². The SMILES string of the molecule is COc1ccc(C)c2sc(N(C[C@@H]3CCCO3)C(=O)c3cc(C)n(C)n3)nc12. The van der Waals surface area contributed by atoms with Crippen LogP contribution in [0.4, 0.5) is 5.13 Å². The minimum Gasteiger partial charge on any atom is -0.494 e. The van der Waals surface area contributed by atoms with Crippen molar-refractivity contribution in [1.29, 1.82) is 0 Å². The maximum Gasteiger partial charge on any atom is 0.280 e. The van der Waals surface area contributed by atoms with Crippen molar-refractivity contribution in [2.45, 2.75) is 32.8 Å². The minimum absolute atomic E-state index is 0.0174. The van der Waals surface area contributed by atoms with E-state index in [9.17, 15) is 4.79 Å². The molecule has 0 bridgehead atoms. The van der Waals surface area contributed by atoms with Crippen molar-refractivity contribution >= 4 is 32.6 Å². The average Bonchev–Trinajstić information content (AvgIpc) is 3.41. The maximum absolute atomic E-state index is 13.3. The van der Waals surface area contributed by atoms with Gasteiger partial charge in [0.15, 0.2) is 10.8 Å². The highest BCUT2D eigenvalue weighted by Gasteiger charge is 2.29. The van der Waals surface area contributed by atoms with Crippen molar-refractivity contribution in [2.24, 2.45) is 7.05 Å². The van der Waals surface area contributed by atoms with Crippen molar-refractivity contribution in [3.8, 4) is 5.75 Å². The number of aryl methyl sites for hydroxylation is 3. The first-order valence-corrected chi connectivity index (χ1v) is 10.2. The summed E-state index contributed by atoms with van der Waals surface area (Å²) in [6, 6.07) is 5.73. The van der Waals surface area contributed by atoms with Crippen LogP contribution in [-0.4, -0.2) is 47.0 Å². The first-order chi connectivity index (χ1) is 13.5. The second-order valence-corrected chi connectivity index (χ2v) is 8.08. The first-order valence-electron chi connectivity index (χ1n) is 9.36. The van der Waals surface area contributed by atoms with Crippen LogP contribution in [0.25, 0.3) is 10.2 Å². The van der Waals surface area contributed by atoms with Crippen LogP contribution in [0.5, 0.6) is 5.75 Å². The number of aromatic nitrogens is 3. The number of amides is 1. The number of hydrogen-bond acceptors (Lipinski definition) is 6. The van der Waals surface area contributed by atoms with Crippen molar-refractivity contribution in [1.82, 2.24) is 14.8 Å². The lowest BCUT2D eigenvalue weighted by molar-refractivity contribution is 0.0913. The van der Waals surface area contributed by atoms with E-state index in [4.69, 9.17) is 14.5 Å². The Hall–Kier alpha value is -2.45. The summed E-state index contributed by atoms with van der Waals surface area (Å²) in [5, 5.41) is 5.02. The summed E-state index contributed by atoms with van der Waals surface area (Å²) in [4.78, 5) is 19.8. The summed E-state index contributed by atoms with van der Waals surface area (Å²) in [5.41, 5.74) is 3.24. The number of fused-ring (bicyclic) bond motifs is 1. The topological polar surface area (TPSA) is 69.5 Å². The fraction of sp³-hybridized carbons (Fsp3) is 0.450. The number of thiazole rings is 1. The highest BCUT2D eigenvalue weighted by Crippen LogP contribution is 2.37. The second kappa shape index (κ2) is 7.52. The van der Waals surface area contributed by atoms with Gasteiger partial charge >= 0.3 is 0 Å². The van der Waals surface area contributed by atoms with Gasteiger partial charge in [-0.15, -0.1) is 0 Å². The summed E-state index contributed by atoms with van der Waals surface area (Å²) >= 11 is 1.50. The van der Waals surface area contributed by atoms with Crippen LogP contribution in [-0.2, 0) is 11.8 Å². The van der Waals surface area contributed by atoms with E-state index in [2.05, 4.69) is 5.10 Å². The van der Waals surface area contributed by atoms with Crippen LogP contribution < -0.4 is 9.64 Å². The zero-order chi connectivity index (χ0) is 19.8. The molecule has 28 heavy (non-hydrogen) atoms. The van der Waals surface area contributed by atoms with E-state index in [0.29, 0.717) is 23.1 Å².